The molecule has 2 rings (SSSR count). The maximum Gasteiger partial charge on any atom is 0.237 e. The molecule has 0 radical (unpaired) electrons. The highest BCUT2D eigenvalue weighted by Gasteiger charge is 2.38. The van der Waals surface area contributed by atoms with E-state index in [4.69, 9.17) is 10.2 Å². The molecule has 3 unspecified atom stereocenters. The van der Waals surface area contributed by atoms with Crippen LogP contribution >= 0.6 is 0 Å². The molecule has 1 aromatic heterocycles. The molecule has 0 bridgehead atoms. The lowest BCUT2D eigenvalue weighted by atomic mass is 10.0. The molecular weight excluding hydrogens is 242 g/mol. The number of nitrogens with one attached hydrogen (secondary N) is 1. The Morgan fingerprint density at radius 2 is 2.47 bits per heavy atom. The zero-order chi connectivity index (χ0) is 13.8. The molecule has 3 N–H and O–H groups in total. The average molecular weight is 265 g/mol. The molecule has 1 saturated heterocycles. The van der Waals surface area contributed by atoms with Gasteiger partial charge in [-0.2, -0.15) is 0 Å². The third-order valence-corrected chi connectivity index (χ3v) is 3.91. The van der Waals surface area contributed by atoms with Crippen molar-refractivity contribution in [1.29, 1.82) is 0 Å². The topological polar surface area (TPSA) is 71.5 Å². The minimum absolute atomic E-state index is 0.0233. The highest BCUT2D eigenvalue weighted by atomic mass is 16.3. The quantitative estimate of drug-likeness (QED) is 0.841. The summed E-state index contributed by atoms with van der Waals surface area (Å²) < 4.78 is 5.54. The van der Waals surface area contributed by atoms with Crippen molar-refractivity contribution in [3.05, 3.63) is 24.2 Å². The number of carbonyl (C=O) groups is 1. The van der Waals surface area contributed by atoms with Crippen LogP contribution < -0.4 is 11.1 Å². The number of nitrogens with two attached hydrogens (primary N) is 1. The second-order valence-electron chi connectivity index (χ2n) is 5.04. The van der Waals surface area contributed by atoms with Gasteiger partial charge in [-0.05, 0) is 37.9 Å². The van der Waals surface area contributed by atoms with E-state index in [2.05, 4.69) is 17.1 Å². The van der Waals surface area contributed by atoms with E-state index in [1.54, 1.807) is 13.3 Å². The lowest BCUT2D eigenvalue weighted by Gasteiger charge is -2.34. The van der Waals surface area contributed by atoms with E-state index in [-0.39, 0.29) is 24.0 Å². The highest BCUT2D eigenvalue weighted by molar-refractivity contribution is 5.81. The van der Waals surface area contributed by atoms with Crippen LogP contribution in [0.15, 0.2) is 22.8 Å². The van der Waals surface area contributed by atoms with Crippen molar-refractivity contribution in [1.82, 2.24) is 10.2 Å². The van der Waals surface area contributed by atoms with Gasteiger partial charge in [-0.3, -0.25) is 9.69 Å². The standard InChI is InChI=1S/C14H23N3O2/c1-3-10(15)13(12-7-5-9-19-12)17-8-4-6-11(17)14(18)16-2/h5,7,9-11,13H,3-4,6,8,15H2,1-2H3,(H,16,18). The fraction of sp³-hybridized carbons (Fsp3) is 0.643. The summed E-state index contributed by atoms with van der Waals surface area (Å²) in [5.41, 5.74) is 6.26. The summed E-state index contributed by atoms with van der Waals surface area (Å²) in [5.74, 6) is 0.919. The number of nitrogens with zero attached hydrogens (tertiary/aromatic N) is 1. The first-order chi connectivity index (χ1) is 9.19. The molecule has 5 heteroatoms. The molecule has 106 valence electrons. The number of rotatable bonds is 5. The molecule has 1 aliphatic heterocycles. The number of hydrogen-bond acceptors (Lipinski definition) is 4. The van der Waals surface area contributed by atoms with Crippen LogP contribution in [0, 0.1) is 0 Å². The Morgan fingerprint density at radius 3 is 3.05 bits per heavy atom. The van der Waals surface area contributed by atoms with Crippen LogP contribution in [-0.2, 0) is 4.79 Å². The first-order valence-electron chi connectivity index (χ1n) is 6.95. The van der Waals surface area contributed by atoms with Crippen LogP contribution in [0.4, 0.5) is 0 Å². The fourth-order valence-electron chi connectivity index (χ4n) is 2.87. The summed E-state index contributed by atoms with van der Waals surface area (Å²) in [6, 6.07) is 3.66. The molecule has 0 aliphatic carbocycles. The molecule has 1 aliphatic rings. The molecule has 0 aromatic carbocycles. The molecule has 1 amide bonds. The Balaban J connectivity index is 2.25. The lowest BCUT2D eigenvalue weighted by Crippen LogP contribution is -2.48. The van der Waals surface area contributed by atoms with Gasteiger partial charge < -0.3 is 15.5 Å². The Labute approximate surface area is 114 Å². The van der Waals surface area contributed by atoms with Gasteiger partial charge in [0, 0.05) is 13.1 Å². The normalized spacial score (nSPS) is 23.2. The highest BCUT2D eigenvalue weighted by Crippen LogP contribution is 2.32. The third kappa shape index (κ3) is 2.82. The van der Waals surface area contributed by atoms with Crippen molar-refractivity contribution in [2.75, 3.05) is 13.6 Å². The molecule has 1 fully saturated rings. The summed E-state index contributed by atoms with van der Waals surface area (Å²) in [4.78, 5) is 14.2. The van der Waals surface area contributed by atoms with E-state index in [1.807, 2.05) is 12.1 Å². The number of likely N-dealkylation sites (tertiary alicyclic amines) is 1. The van der Waals surface area contributed by atoms with Gasteiger partial charge in [-0.1, -0.05) is 6.92 Å². The minimum atomic E-state index is -0.0994. The van der Waals surface area contributed by atoms with Crippen LogP contribution in [0.25, 0.3) is 0 Å². The third-order valence-electron chi connectivity index (χ3n) is 3.91. The maximum absolute atomic E-state index is 12.0. The fourth-order valence-corrected chi connectivity index (χ4v) is 2.87. The Hall–Kier alpha value is -1.33. The van der Waals surface area contributed by atoms with Crippen molar-refractivity contribution in [2.24, 2.45) is 5.73 Å². The number of carbonyl (C=O) groups excluding carboxylic acids is 1. The van der Waals surface area contributed by atoms with Crippen LogP contribution in [0.5, 0.6) is 0 Å². The zero-order valence-electron chi connectivity index (χ0n) is 11.6. The van der Waals surface area contributed by atoms with Crippen molar-refractivity contribution < 1.29 is 9.21 Å². The van der Waals surface area contributed by atoms with Crippen LogP contribution in [-0.4, -0.2) is 36.5 Å². The van der Waals surface area contributed by atoms with E-state index in [0.717, 1.165) is 31.6 Å². The summed E-state index contributed by atoms with van der Waals surface area (Å²) >= 11 is 0. The predicted molar refractivity (Wildman–Crippen MR) is 73.5 cm³/mol. The van der Waals surface area contributed by atoms with Gasteiger partial charge in [0.2, 0.25) is 5.91 Å². The van der Waals surface area contributed by atoms with E-state index < -0.39 is 0 Å². The summed E-state index contributed by atoms with van der Waals surface area (Å²) in [6.07, 6.45) is 4.41. The summed E-state index contributed by atoms with van der Waals surface area (Å²) in [6.45, 7) is 2.95. The molecule has 0 saturated carbocycles. The van der Waals surface area contributed by atoms with Crippen LogP contribution in [0.1, 0.15) is 38.0 Å². The van der Waals surface area contributed by atoms with E-state index >= 15 is 0 Å². The number of furan rings is 1. The van der Waals surface area contributed by atoms with Crippen LogP contribution in [0.2, 0.25) is 0 Å². The van der Waals surface area contributed by atoms with Gasteiger partial charge in [0.15, 0.2) is 0 Å². The lowest BCUT2D eigenvalue weighted by molar-refractivity contribution is -0.126. The van der Waals surface area contributed by atoms with Gasteiger partial charge in [0.05, 0.1) is 18.3 Å². The van der Waals surface area contributed by atoms with Crippen molar-refractivity contribution in [3.63, 3.8) is 0 Å². The van der Waals surface area contributed by atoms with Gasteiger partial charge in [-0.25, -0.2) is 0 Å². The maximum atomic E-state index is 12.0. The van der Waals surface area contributed by atoms with Crippen molar-refractivity contribution >= 4 is 5.91 Å². The average Bonchev–Trinajstić information content (AvgIpc) is 3.09. The molecule has 3 atom stereocenters. The SMILES string of the molecule is CCC(N)C(c1ccco1)N1CCCC1C(=O)NC. The second-order valence-corrected chi connectivity index (χ2v) is 5.04. The predicted octanol–water partition coefficient (Wildman–Crippen LogP) is 1.27. The van der Waals surface area contributed by atoms with E-state index in [0.29, 0.717) is 0 Å². The molecule has 0 spiro atoms. The first kappa shape index (κ1) is 14.1. The second kappa shape index (κ2) is 6.21. The molecule has 19 heavy (non-hydrogen) atoms. The van der Waals surface area contributed by atoms with Gasteiger partial charge >= 0.3 is 0 Å². The van der Waals surface area contributed by atoms with Gasteiger partial charge in [0.25, 0.3) is 0 Å². The summed E-state index contributed by atoms with van der Waals surface area (Å²) in [5, 5.41) is 2.74. The van der Waals surface area contributed by atoms with Gasteiger partial charge in [0.1, 0.15) is 5.76 Å². The zero-order valence-corrected chi connectivity index (χ0v) is 11.6. The first-order valence-corrected chi connectivity index (χ1v) is 6.95. The van der Waals surface area contributed by atoms with Gasteiger partial charge in [-0.15, -0.1) is 0 Å². The largest absolute Gasteiger partial charge is 0.468 e. The summed E-state index contributed by atoms with van der Waals surface area (Å²) in [7, 11) is 1.68. The Bertz CT molecular complexity index is 405. The van der Waals surface area contributed by atoms with E-state index in [1.165, 1.54) is 0 Å². The van der Waals surface area contributed by atoms with Crippen LogP contribution in [0.3, 0.4) is 0 Å². The molecular formula is C14H23N3O2. The number of likely N-dealkylation sites (N-methyl/N-ethyl adjacent to an activating group) is 1. The number of amides is 1. The van der Waals surface area contributed by atoms with E-state index in [9.17, 15) is 4.79 Å². The Kier molecular flexibility index (Phi) is 4.61. The number of hydrogen-bond donors (Lipinski definition) is 2. The molecule has 5 nitrogen and oxygen atoms in total. The minimum Gasteiger partial charge on any atom is -0.468 e. The monoisotopic (exact) mass is 265 g/mol. The van der Waals surface area contributed by atoms with Crippen molar-refractivity contribution in [2.45, 2.75) is 44.3 Å². The van der Waals surface area contributed by atoms with Crippen molar-refractivity contribution in [3.8, 4) is 0 Å². The smallest absolute Gasteiger partial charge is 0.237 e. The Morgan fingerprint density at radius 1 is 1.68 bits per heavy atom. The molecule has 1 aromatic rings. The molecule has 2 heterocycles.